The first kappa shape index (κ1) is 20.2. The van der Waals surface area contributed by atoms with Gasteiger partial charge < -0.3 is 11.1 Å². The van der Waals surface area contributed by atoms with Gasteiger partial charge >= 0.3 is 0 Å². The molecule has 3 heteroatoms. The maximum absolute atomic E-state index is 13.3. The number of hydrogen-bond donors (Lipinski definition) is 2. The van der Waals surface area contributed by atoms with Crippen molar-refractivity contribution >= 4 is 23.2 Å². The molecule has 0 aliphatic heterocycles. The molecule has 1 fully saturated rings. The van der Waals surface area contributed by atoms with Gasteiger partial charge in [0.1, 0.15) is 0 Å². The summed E-state index contributed by atoms with van der Waals surface area (Å²) in [5.74, 6) is -0.00323. The van der Waals surface area contributed by atoms with Crippen LogP contribution in [-0.2, 0) is 4.79 Å². The van der Waals surface area contributed by atoms with Crippen LogP contribution < -0.4 is 11.1 Å². The minimum absolute atomic E-state index is 0.00323. The molecule has 0 aromatic heterocycles. The Labute approximate surface area is 169 Å². The van der Waals surface area contributed by atoms with Gasteiger partial charge in [-0.2, -0.15) is 0 Å². The second-order valence-corrected chi connectivity index (χ2v) is 7.78. The number of amides is 1. The van der Waals surface area contributed by atoms with Crippen molar-refractivity contribution in [3.63, 3.8) is 0 Å². The zero-order valence-electron chi connectivity index (χ0n) is 16.7. The number of rotatable bonds is 4. The fraction of sp³-hybridized carbons (Fsp3) is 0.400. The normalized spacial score (nSPS) is 17.1. The van der Waals surface area contributed by atoms with Crippen LogP contribution in [0, 0.1) is 0 Å². The Kier molecular flexibility index (Phi) is 7.71. The number of benzene rings is 2. The lowest BCUT2D eigenvalue weighted by molar-refractivity contribution is -0.116. The molecule has 1 amide bonds. The Morgan fingerprint density at radius 1 is 0.821 bits per heavy atom. The molecule has 3 N–H and O–H groups in total. The molecule has 1 saturated carbocycles. The summed E-state index contributed by atoms with van der Waals surface area (Å²) in [5, 5.41) is 3.33. The predicted molar refractivity (Wildman–Crippen MR) is 119 cm³/mol. The summed E-state index contributed by atoms with van der Waals surface area (Å²) in [4.78, 5) is 13.3. The van der Waals surface area contributed by atoms with Crippen molar-refractivity contribution in [1.82, 2.24) is 5.32 Å². The van der Waals surface area contributed by atoms with Gasteiger partial charge in [-0.15, -0.1) is 0 Å². The number of nitrogens with one attached hydrogen (secondary N) is 1. The van der Waals surface area contributed by atoms with E-state index in [4.69, 9.17) is 5.73 Å². The molecule has 2 aromatic carbocycles. The Morgan fingerprint density at radius 3 is 2.04 bits per heavy atom. The van der Waals surface area contributed by atoms with E-state index in [1.165, 1.54) is 44.9 Å². The van der Waals surface area contributed by atoms with E-state index >= 15 is 0 Å². The second kappa shape index (κ2) is 10.7. The standard InChI is InChI=1S/C25H32N2O/c26-24-18-12-11-15-21(24)19-23(20-13-7-6-8-14-20)25(28)27-22-16-9-4-2-1-3-5-10-17-22/h6-8,11-15,18-19,22H,1-5,9-10,16-17,26H2,(H,27,28)/b23-19+. The molecule has 2 aromatic rings. The number of carbonyl (C=O) groups excluding carboxylic acids is 1. The van der Waals surface area contributed by atoms with E-state index in [9.17, 15) is 4.79 Å². The molecular formula is C25H32N2O. The fourth-order valence-electron chi connectivity index (χ4n) is 3.91. The Hall–Kier alpha value is -2.55. The molecule has 0 heterocycles. The monoisotopic (exact) mass is 376 g/mol. The molecule has 148 valence electrons. The molecule has 0 atom stereocenters. The van der Waals surface area contributed by atoms with E-state index in [0.717, 1.165) is 24.0 Å². The Morgan fingerprint density at radius 2 is 1.39 bits per heavy atom. The first-order valence-corrected chi connectivity index (χ1v) is 10.7. The average molecular weight is 377 g/mol. The summed E-state index contributed by atoms with van der Waals surface area (Å²) >= 11 is 0. The van der Waals surface area contributed by atoms with Crippen molar-refractivity contribution in [3.05, 3.63) is 65.7 Å². The smallest absolute Gasteiger partial charge is 0.252 e. The zero-order valence-corrected chi connectivity index (χ0v) is 16.7. The van der Waals surface area contributed by atoms with Gasteiger partial charge in [0.25, 0.3) is 5.91 Å². The van der Waals surface area contributed by atoms with Crippen molar-refractivity contribution in [2.45, 2.75) is 63.8 Å². The van der Waals surface area contributed by atoms with E-state index in [2.05, 4.69) is 5.32 Å². The summed E-state index contributed by atoms with van der Waals surface area (Å²) < 4.78 is 0. The highest BCUT2D eigenvalue weighted by Crippen LogP contribution is 2.23. The van der Waals surface area contributed by atoms with Gasteiger partial charge in [0.2, 0.25) is 0 Å². The van der Waals surface area contributed by atoms with Crippen LogP contribution in [0.25, 0.3) is 11.6 Å². The number of nitrogens with two attached hydrogens (primary N) is 1. The van der Waals surface area contributed by atoms with Crippen LogP contribution in [0.4, 0.5) is 5.69 Å². The van der Waals surface area contributed by atoms with Crippen LogP contribution in [0.15, 0.2) is 54.6 Å². The highest BCUT2D eigenvalue weighted by molar-refractivity contribution is 6.24. The van der Waals surface area contributed by atoms with Gasteiger partial charge in [-0.1, -0.05) is 93.5 Å². The lowest BCUT2D eigenvalue weighted by Gasteiger charge is -2.21. The van der Waals surface area contributed by atoms with Gasteiger partial charge in [-0.3, -0.25) is 4.79 Å². The lowest BCUT2D eigenvalue weighted by atomic mass is 9.96. The molecule has 28 heavy (non-hydrogen) atoms. The third kappa shape index (κ3) is 5.98. The number of para-hydroxylation sites is 1. The molecule has 1 aliphatic rings. The maximum Gasteiger partial charge on any atom is 0.252 e. The highest BCUT2D eigenvalue weighted by atomic mass is 16.1. The first-order chi connectivity index (χ1) is 13.7. The Balaban J connectivity index is 1.81. The third-order valence-corrected chi connectivity index (χ3v) is 5.57. The molecule has 0 spiro atoms. The van der Waals surface area contributed by atoms with Crippen LogP contribution >= 0.6 is 0 Å². The first-order valence-electron chi connectivity index (χ1n) is 10.7. The summed E-state index contributed by atoms with van der Waals surface area (Å²) in [6.45, 7) is 0. The van der Waals surface area contributed by atoms with Crippen molar-refractivity contribution in [3.8, 4) is 0 Å². The minimum Gasteiger partial charge on any atom is -0.398 e. The van der Waals surface area contributed by atoms with E-state index in [0.29, 0.717) is 11.3 Å². The maximum atomic E-state index is 13.3. The predicted octanol–water partition coefficient (Wildman–Crippen LogP) is 5.82. The van der Waals surface area contributed by atoms with Gasteiger partial charge in [0.15, 0.2) is 0 Å². The largest absolute Gasteiger partial charge is 0.398 e. The lowest BCUT2D eigenvalue weighted by Crippen LogP contribution is -2.35. The summed E-state index contributed by atoms with van der Waals surface area (Å²) in [5.41, 5.74) is 9.28. The third-order valence-electron chi connectivity index (χ3n) is 5.57. The van der Waals surface area contributed by atoms with Gasteiger partial charge in [0, 0.05) is 17.3 Å². The summed E-state index contributed by atoms with van der Waals surface area (Å²) in [6.07, 6.45) is 13.0. The fourth-order valence-corrected chi connectivity index (χ4v) is 3.91. The zero-order chi connectivity index (χ0) is 19.6. The quantitative estimate of drug-likeness (QED) is 0.401. The van der Waals surface area contributed by atoms with E-state index in [-0.39, 0.29) is 11.9 Å². The molecule has 0 bridgehead atoms. The SMILES string of the molecule is Nc1ccccc1/C=C(/C(=O)NC1CCCCCCCCC1)c1ccccc1. The summed E-state index contributed by atoms with van der Waals surface area (Å²) in [7, 11) is 0. The summed E-state index contributed by atoms with van der Waals surface area (Å²) in [6, 6.07) is 17.8. The molecule has 0 radical (unpaired) electrons. The number of anilines is 1. The number of nitrogen functional groups attached to an aromatic ring is 1. The molecule has 1 aliphatic carbocycles. The van der Waals surface area contributed by atoms with Crippen LogP contribution in [0.1, 0.15) is 68.9 Å². The van der Waals surface area contributed by atoms with Crippen molar-refractivity contribution < 1.29 is 4.79 Å². The van der Waals surface area contributed by atoms with E-state index in [1.807, 2.05) is 60.7 Å². The van der Waals surface area contributed by atoms with Gasteiger partial charge in [-0.25, -0.2) is 0 Å². The minimum atomic E-state index is -0.00323. The topological polar surface area (TPSA) is 55.1 Å². The Bertz CT molecular complexity index is 772. The van der Waals surface area contributed by atoms with Crippen LogP contribution in [0.3, 0.4) is 0 Å². The molecular weight excluding hydrogens is 344 g/mol. The average Bonchev–Trinajstić information content (AvgIpc) is 2.72. The second-order valence-electron chi connectivity index (χ2n) is 7.78. The van der Waals surface area contributed by atoms with Crippen molar-refractivity contribution in [2.24, 2.45) is 0 Å². The molecule has 3 nitrogen and oxygen atoms in total. The van der Waals surface area contributed by atoms with E-state index < -0.39 is 0 Å². The van der Waals surface area contributed by atoms with Crippen LogP contribution in [-0.4, -0.2) is 11.9 Å². The molecule has 3 rings (SSSR count). The molecule has 0 saturated heterocycles. The van der Waals surface area contributed by atoms with Crippen LogP contribution in [0.2, 0.25) is 0 Å². The van der Waals surface area contributed by atoms with Gasteiger partial charge in [0.05, 0.1) is 0 Å². The number of carbonyl (C=O) groups is 1. The highest BCUT2D eigenvalue weighted by Gasteiger charge is 2.18. The molecule has 0 unspecified atom stereocenters. The van der Waals surface area contributed by atoms with E-state index in [1.54, 1.807) is 0 Å². The van der Waals surface area contributed by atoms with Crippen molar-refractivity contribution in [1.29, 1.82) is 0 Å². The van der Waals surface area contributed by atoms with Crippen molar-refractivity contribution in [2.75, 3.05) is 5.73 Å². The van der Waals surface area contributed by atoms with Crippen LogP contribution in [0.5, 0.6) is 0 Å². The number of hydrogen-bond acceptors (Lipinski definition) is 2. The van der Waals surface area contributed by atoms with Gasteiger partial charge in [-0.05, 0) is 36.1 Å².